The molecule has 0 spiro atoms. The van der Waals surface area contributed by atoms with E-state index in [2.05, 4.69) is 16.5 Å². The van der Waals surface area contributed by atoms with Gasteiger partial charge in [-0.1, -0.05) is 6.08 Å². The molecule has 0 saturated carbocycles. The predicted molar refractivity (Wildman–Crippen MR) is 50.2 cm³/mol. The van der Waals surface area contributed by atoms with E-state index in [4.69, 9.17) is 5.73 Å². The predicted octanol–water partition coefficient (Wildman–Crippen LogP) is 1.44. The number of rotatable bonds is 2. The summed E-state index contributed by atoms with van der Waals surface area (Å²) in [6.45, 7) is 3.54. The van der Waals surface area contributed by atoms with Gasteiger partial charge in [0.05, 0.1) is 18.1 Å². The van der Waals surface area contributed by atoms with Crippen LogP contribution in [0, 0.1) is 0 Å². The van der Waals surface area contributed by atoms with E-state index in [1.54, 1.807) is 18.6 Å². The van der Waals surface area contributed by atoms with Crippen molar-refractivity contribution in [3.63, 3.8) is 0 Å². The molecular weight excluding hydrogens is 185 g/mol. The zero-order valence-electron chi connectivity index (χ0n) is 5.86. The summed E-state index contributed by atoms with van der Waals surface area (Å²) < 4.78 is 0. The number of nitrogens with zero attached hydrogens (tertiary/aromatic N) is 1. The molecule has 3 N–H and O–H groups in total. The minimum Gasteiger partial charge on any atom is -0.347 e. The van der Waals surface area contributed by atoms with Gasteiger partial charge in [-0.15, -0.1) is 31.4 Å². The second-order valence-electron chi connectivity index (χ2n) is 1.77. The lowest BCUT2D eigenvalue weighted by molar-refractivity contribution is 0.876. The Morgan fingerprint density at radius 2 is 2.27 bits per heavy atom. The van der Waals surface area contributed by atoms with Crippen LogP contribution in [0.25, 0.3) is 0 Å². The Hall–Kier alpha value is -0.510. The van der Waals surface area contributed by atoms with Gasteiger partial charge < -0.3 is 10.7 Å². The molecule has 0 fully saturated rings. The monoisotopic (exact) mass is 195 g/mol. The molecule has 0 amide bonds. The maximum Gasteiger partial charge on any atom is 0.0922 e. The molecule has 3 nitrogen and oxygen atoms in total. The number of aromatic amines is 1. The summed E-state index contributed by atoms with van der Waals surface area (Å²) >= 11 is 0. The van der Waals surface area contributed by atoms with Crippen molar-refractivity contribution in [2.75, 3.05) is 0 Å². The third kappa shape index (κ3) is 3.41. The zero-order chi connectivity index (χ0) is 6.69. The van der Waals surface area contributed by atoms with Gasteiger partial charge in [0.1, 0.15) is 0 Å². The number of hydrogen-bond donors (Lipinski definition) is 2. The first kappa shape index (κ1) is 13.1. The summed E-state index contributed by atoms with van der Waals surface area (Å²) in [6, 6.07) is -0.118. The van der Waals surface area contributed by atoms with E-state index >= 15 is 0 Å². The van der Waals surface area contributed by atoms with E-state index in [1.165, 1.54) is 0 Å². The van der Waals surface area contributed by atoms with Crippen LogP contribution in [0.15, 0.2) is 25.2 Å². The number of aromatic nitrogens is 2. The van der Waals surface area contributed by atoms with E-state index in [0.717, 1.165) is 5.69 Å². The first-order valence-electron chi connectivity index (χ1n) is 2.71. The maximum atomic E-state index is 5.55. The van der Waals surface area contributed by atoms with Gasteiger partial charge in [0.15, 0.2) is 0 Å². The summed E-state index contributed by atoms with van der Waals surface area (Å²) in [4.78, 5) is 6.69. The molecule has 1 atom stereocenters. The second kappa shape index (κ2) is 6.22. The highest BCUT2D eigenvalue weighted by Crippen LogP contribution is 2.03. The summed E-state index contributed by atoms with van der Waals surface area (Å²) in [5, 5.41) is 0. The number of H-pyrrole nitrogens is 1. The van der Waals surface area contributed by atoms with Crippen molar-refractivity contribution in [2.24, 2.45) is 5.73 Å². The van der Waals surface area contributed by atoms with Crippen molar-refractivity contribution in [1.29, 1.82) is 0 Å². The van der Waals surface area contributed by atoms with Gasteiger partial charge in [-0.25, -0.2) is 4.98 Å². The fourth-order valence-electron chi connectivity index (χ4n) is 0.576. The Morgan fingerprint density at radius 1 is 1.64 bits per heavy atom. The molecule has 1 aromatic heterocycles. The quantitative estimate of drug-likeness (QED) is 0.703. The van der Waals surface area contributed by atoms with Crippen LogP contribution in [0.4, 0.5) is 0 Å². The largest absolute Gasteiger partial charge is 0.347 e. The van der Waals surface area contributed by atoms with Crippen LogP contribution < -0.4 is 5.73 Å². The fourth-order valence-corrected chi connectivity index (χ4v) is 0.576. The topological polar surface area (TPSA) is 54.7 Å². The fraction of sp³-hybridized carbons (Fsp3) is 0.167. The highest BCUT2D eigenvalue weighted by Gasteiger charge is 1.98. The van der Waals surface area contributed by atoms with Crippen LogP contribution >= 0.6 is 24.8 Å². The third-order valence-electron chi connectivity index (χ3n) is 1.13. The summed E-state index contributed by atoms with van der Waals surface area (Å²) in [5.41, 5.74) is 6.44. The van der Waals surface area contributed by atoms with Gasteiger partial charge in [0.25, 0.3) is 0 Å². The van der Waals surface area contributed by atoms with Crippen LogP contribution in [-0.2, 0) is 0 Å². The van der Waals surface area contributed by atoms with Crippen LogP contribution in [0.5, 0.6) is 0 Å². The Labute approximate surface area is 77.9 Å². The molecule has 64 valence electrons. The molecule has 1 heterocycles. The number of halogens is 2. The number of nitrogens with one attached hydrogen (secondary N) is 1. The molecule has 0 aromatic carbocycles. The van der Waals surface area contributed by atoms with E-state index < -0.39 is 0 Å². The summed E-state index contributed by atoms with van der Waals surface area (Å²) in [7, 11) is 0. The van der Waals surface area contributed by atoms with Crippen LogP contribution in [-0.4, -0.2) is 9.97 Å². The Bertz CT molecular complexity index is 186. The van der Waals surface area contributed by atoms with E-state index in [-0.39, 0.29) is 30.9 Å². The highest BCUT2D eigenvalue weighted by atomic mass is 35.5. The van der Waals surface area contributed by atoms with Gasteiger partial charge in [-0.3, -0.25) is 0 Å². The molecule has 0 bridgehead atoms. The minimum atomic E-state index is -0.118. The molecule has 0 saturated heterocycles. The lowest BCUT2D eigenvalue weighted by Gasteiger charge is -1.98. The SMILES string of the molecule is C=CC(N)c1cnc[nH]1.Cl.Cl. The maximum absolute atomic E-state index is 5.55. The van der Waals surface area contributed by atoms with E-state index in [0.29, 0.717) is 0 Å². The van der Waals surface area contributed by atoms with E-state index in [9.17, 15) is 0 Å². The van der Waals surface area contributed by atoms with Gasteiger partial charge in [0, 0.05) is 6.20 Å². The highest BCUT2D eigenvalue weighted by molar-refractivity contribution is 5.85. The van der Waals surface area contributed by atoms with Crippen molar-refractivity contribution >= 4 is 24.8 Å². The second-order valence-corrected chi connectivity index (χ2v) is 1.77. The number of imidazole rings is 1. The molecule has 0 aliphatic rings. The molecule has 0 radical (unpaired) electrons. The van der Waals surface area contributed by atoms with E-state index in [1.807, 2.05) is 0 Å². The molecule has 1 rings (SSSR count). The summed E-state index contributed by atoms with van der Waals surface area (Å²) in [5.74, 6) is 0. The Kier molecular flexibility index (Phi) is 7.41. The standard InChI is InChI=1S/C6H9N3.2ClH/c1-2-5(7)6-3-8-4-9-6;;/h2-5H,1,7H2,(H,8,9);2*1H. The average Bonchev–Trinajstić information content (AvgIpc) is 2.37. The van der Waals surface area contributed by atoms with Gasteiger partial charge in [-0.05, 0) is 0 Å². The van der Waals surface area contributed by atoms with Gasteiger partial charge in [-0.2, -0.15) is 0 Å². The smallest absolute Gasteiger partial charge is 0.0922 e. The minimum absolute atomic E-state index is 0. The molecule has 0 aliphatic heterocycles. The third-order valence-corrected chi connectivity index (χ3v) is 1.13. The van der Waals surface area contributed by atoms with Gasteiger partial charge >= 0.3 is 0 Å². The molecule has 11 heavy (non-hydrogen) atoms. The number of nitrogens with two attached hydrogens (primary N) is 1. The number of hydrogen-bond acceptors (Lipinski definition) is 2. The van der Waals surface area contributed by atoms with Crippen molar-refractivity contribution < 1.29 is 0 Å². The normalized spacial score (nSPS) is 10.6. The molecular formula is C6H11Cl2N3. The lowest BCUT2D eigenvalue weighted by Crippen LogP contribution is -2.06. The van der Waals surface area contributed by atoms with Crippen molar-refractivity contribution in [1.82, 2.24) is 9.97 Å². The first-order valence-corrected chi connectivity index (χ1v) is 2.71. The van der Waals surface area contributed by atoms with Crippen LogP contribution in [0.2, 0.25) is 0 Å². The van der Waals surface area contributed by atoms with Crippen LogP contribution in [0.1, 0.15) is 11.7 Å². The zero-order valence-corrected chi connectivity index (χ0v) is 7.49. The average molecular weight is 196 g/mol. The lowest BCUT2D eigenvalue weighted by atomic mass is 10.2. The summed E-state index contributed by atoms with van der Waals surface area (Å²) in [6.07, 6.45) is 4.94. The molecule has 5 heteroatoms. The van der Waals surface area contributed by atoms with Crippen molar-refractivity contribution in [2.45, 2.75) is 6.04 Å². The molecule has 1 unspecified atom stereocenters. The molecule has 1 aromatic rings. The Morgan fingerprint density at radius 3 is 2.64 bits per heavy atom. The van der Waals surface area contributed by atoms with Crippen molar-refractivity contribution in [3.8, 4) is 0 Å². The molecule has 0 aliphatic carbocycles. The van der Waals surface area contributed by atoms with Crippen molar-refractivity contribution in [3.05, 3.63) is 30.9 Å². The van der Waals surface area contributed by atoms with Crippen LogP contribution in [0.3, 0.4) is 0 Å². The van der Waals surface area contributed by atoms with Gasteiger partial charge in [0.2, 0.25) is 0 Å². The first-order chi connectivity index (χ1) is 4.34. The Balaban J connectivity index is 0.